The van der Waals surface area contributed by atoms with Crippen LogP contribution < -0.4 is 9.47 Å². The Labute approximate surface area is 191 Å². The summed E-state index contributed by atoms with van der Waals surface area (Å²) in [6.45, 7) is 3.67. The first-order valence-electron chi connectivity index (χ1n) is 9.22. The number of ether oxygens (including phenoxy) is 2. The van der Waals surface area contributed by atoms with Gasteiger partial charge in [-0.3, -0.25) is 24.6 Å². The first kappa shape index (κ1) is 22.8. The number of hydrogen-bond donors (Lipinski definition) is 0. The monoisotopic (exact) mass is 506 g/mol. The number of thioether (sulfide) groups is 1. The van der Waals surface area contributed by atoms with Crippen molar-refractivity contribution < 1.29 is 24.0 Å². The number of hydrogen-bond acceptors (Lipinski definition) is 7. The molecule has 0 aliphatic carbocycles. The average Bonchev–Trinajstić information content (AvgIpc) is 3.00. The van der Waals surface area contributed by atoms with Crippen LogP contribution in [0.15, 0.2) is 45.8 Å². The second kappa shape index (κ2) is 9.52. The topological polar surface area (TPSA) is 99.0 Å². The van der Waals surface area contributed by atoms with E-state index in [9.17, 15) is 19.7 Å². The van der Waals surface area contributed by atoms with Gasteiger partial charge in [-0.1, -0.05) is 12.1 Å². The summed E-state index contributed by atoms with van der Waals surface area (Å²) in [6, 6.07) is 9.40. The number of carbonyl (C=O) groups is 2. The van der Waals surface area contributed by atoms with E-state index in [0.29, 0.717) is 32.0 Å². The van der Waals surface area contributed by atoms with Gasteiger partial charge in [0.15, 0.2) is 11.5 Å². The third kappa shape index (κ3) is 5.08. The summed E-state index contributed by atoms with van der Waals surface area (Å²) >= 11 is 4.35. The lowest BCUT2D eigenvalue weighted by Gasteiger charge is -2.16. The highest BCUT2D eigenvalue weighted by Crippen LogP contribution is 2.39. The van der Waals surface area contributed by atoms with E-state index in [-0.39, 0.29) is 29.5 Å². The van der Waals surface area contributed by atoms with Gasteiger partial charge >= 0.3 is 0 Å². The van der Waals surface area contributed by atoms with Crippen molar-refractivity contribution in [2.24, 2.45) is 0 Å². The zero-order chi connectivity index (χ0) is 22.7. The zero-order valence-electron chi connectivity index (χ0n) is 17.0. The summed E-state index contributed by atoms with van der Waals surface area (Å²) in [5, 5.41) is 10.6. The highest BCUT2D eigenvalue weighted by molar-refractivity contribution is 9.10. The number of methoxy groups -OCH3 is 1. The van der Waals surface area contributed by atoms with Gasteiger partial charge in [-0.2, -0.15) is 0 Å². The van der Waals surface area contributed by atoms with Crippen molar-refractivity contribution in [2.75, 3.05) is 7.11 Å². The molecular formula is C21H19BrN2O6S. The van der Waals surface area contributed by atoms with Gasteiger partial charge in [0, 0.05) is 18.2 Å². The smallest absolute Gasteiger partial charge is 0.293 e. The molecule has 1 saturated heterocycles. The zero-order valence-corrected chi connectivity index (χ0v) is 19.4. The van der Waals surface area contributed by atoms with Crippen molar-refractivity contribution in [3.05, 3.63) is 67.0 Å². The predicted octanol–water partition coefficient (Wildman–Crippen LogP) is 5.39. The average molecular weight is 507 g/mol. The van der Waals surface area contributed by atoms with Crippen molar-refractivity contribution in [1.82, 2.24) is 4.90 Å². The van der Waals surface area contributed by atoms with Crippen LogP contribution in [0.2, 0.25) is 0 Å². The molecule has 3 rings (SSSR count). The lowest BCUT2D eigenvalue weighted by atomic mass is 10.1. The lowest BCUT2D eigenvalue weighted by molar-refractivity contribution is -0.384. The van der Waals surface area contributed by atoms with Gasteiger partial charge in [0.25, 0.3) is 16.8 Å². The molecule has 1 aliphatic heterocycles. The van der Waals surface area contributed by atoms with Gasteiger partial charge in [-0.05, 0) is 70.9 Å². The summed E-state index contributed by atoms with van der Waals surface area (Å²) in [4.78, 5) is 36.6. The molecule has 2 aromatic carbocycles. The van der Waals surface area contributed by atoms with Gasteiger partial charge in [0.1, 0.15) is 6.61 Å². The summed E-state index contributed by atoms with van der Waals surface area (Å²) in [7, 11) is 1.48. The third-order valence-corrected chi connectivity index (χ3v) is 5.87. The highest BCUT2D eigenvalue weighted by Gasteiger charge is 2.36. The fourth-order valence-electron chi connectivity index (χ4n) is 2.95. The first-order chi connectivity index (χ1) is 14.7. The fourth-order valence-corrected chi connectivity index (χ4v) is 4.49. The fraction of sp³-hybridized carbons (Fsp3) is 0.238. The number of nitrogens with zero attached hydrogens (tertiary/aromatic N) is 2. The van der Waals surface area contributed by atoms with Crippen molar-refractivity contribution in [1.29, 1.82) is 0 Å². The molecule has 162 valence electrons. The van der Waals surface area contributed by atoms with Crippen molar-refractivity contribution in [3.63, 3.8) is 0 Å². The number of carbonyl (C=O) groups excluding carboxylic acids is 2. The SMILES string of the molecule is COc1cc(/C=C2\SC(=O)N(C(C)C)C2=O)cc(Br)c1OCc1cccc([N+](=O)[O-])c1. The number of nitro benzene ring substituents is 1. The molecule has 31 heavy (non-hydrogen) atoms. The summed E-state index contributed by atoms with van der Waals surface area (Å²) in [6.07, 6.45) is 1.63. The van der Waals surface area contributed by atoms with Crippen molar-refractivity contribution >= 4 is 50.6 Å². The van der Waals surface area contributed by atoms with Crippen molar-refractivity contribution in [2.45, 2.75) is 26.5 Å². The van der Waals surface area contributed by atoms with Crippen LogP contribution >= 0.6 is 27.7 Å². The molecule has 10 heteroatoms. The minimum Gasteiger partial charge on any atom is -0.493 e. The Hall–Kier alpha value is -2.85. The van der Waals surface area contributed by atoms with E-state index >= 15 is 0 Å². The van der Waals surface area contributed by atoms with Gasteiger partial charge in [0.05, 0.1) is 21.4 Å². The van der Waals surface area contributed by atoms with Crippen LogP contribution in [0.4, 0.5) is 10.5 Å². The number of imide groups is 1. The molecule has 1 heterocycles. The molecule has 1 aliphatic rings. The van der Waals surface area contributed by atoms with E-state index < -0.39 is 4.92 Å². The maximum atomic E-state index is 12.5. The maximum absolute atomic E-state index is 12.5. The van der Waals surface area contributed by atoms with Gasteiger partial charge in [0.2, 0.25) is 0 Å². The molecule has 2 aromatic rings. The predicted molar refractivity (Wildman–Crippen MR) is 121 cm³/mol. The minimum absolute atomic E-state index is 0.0159. The molecule has 2 amide bonds. The Bertz CT molecular complexity index is 1090. The van der Waals surface area contributed by atoms with Crippen LogP contribution in [0, 0.1) is 10.1 Å². The Kier molecular flexibility index (Phi) is 7.01. The quantitative estimate of drug-likeness (QED) is 0.282. The highest BCUT2D eigenvalue weighted by atomic mass is 79.9. The Morgan fingerprint density at radius 1 is 1.26 bits per heavy atom. The molecule has 0 saturated carbocycles. The van der Waals surface area contributed by atoms with Crippen LogP contribution in [0.25, 0.3) is 6.08 Å². The summed E-state index contributed by atoms with van der Waals surface area (Å²) < 4.78 is 11.8. The number of rotatable bonds is 7. The maximum Gasteiger partial charge on any atom is 0.293 e. The lowest BCUT2D eigenvalue weighted by Crippen LogP contribution is -2.34. The number of nitro groups is 1. The Balaban J connectivity index is 1.84. The molecule has 0 spiro atoms. The number of non-ortho nitro benzene ring substituents is 1. The standard InChI is InChI=1S/C21H19BrN2O6S/c1-12(2)23-20(25)18(31-21(23)26)10-14-8-16(22)19(17(9-14)29-3)30-11-13-5-4-6-15(7-13)24(27)28/h4-10,12H,11H2,1-3H3/b18-10-. The van der Waals surface area contributed by atoms with Crippen LogP contribution in [0.5, 0.6) is 11.5 Å². The van der Waals surface area contributed by atoms with Gasteiger partial charge < -0.3 is 9.47 Å². The van der Waals surface area contributed by atoms with Gasteiger partial charge in [-0.15, -0.1) is 0 Å². The molecule has 0 bridgehead atoms. The Morgan fingerprint density at radius 3 is 2.61 bits per heavy atom. The van der Waals surface area contributed by atoms with Crippen LogP contribution in [-0.4, -0.2) is 34.1 Å². The third-order valence-electron chi connectivity index (χ3n) is 4.39. The summed E-state index contributed by atoms with van der Waals surface area (Å²) in [5.41, 5.74) is 1.27. The molecule has 1 fully saturated rings. The molecule has 0 unspecified atom stereocenters. The molecule has 8 nitrogen and oxygen atoms in total. The van der Waals surface area contributed by atoms with Crippen LogP contribution in [0.1, 0.15) is 25.0 Å². The van der Waals surface area contributed by atoms with Crippen LogP contribution in [-0.2, 0) is 11.4 Å². The summed E-state index contributed by atoms with van der Waals surface area (Å²) in [5.74, 6) is 0.502. The molecule has 0 N–H and O–H groups in total. The number of benzene rings is 2. The van der Waals surface area contributed by atoms with E-state index in [4.69, 9.17) is 9.47 Å². The second-order valence-electron chi connectivity index (χ2n) is 6.90. The largest absolute Gasteiger partial charge is 0.493 e. The van der Waals surface area contributed by atoms with E-state index in [1.807, 2.05) is 0 Å². The van der Waals surface area contributed by atoms with E-state index in [1.165, 1.54) is 24.1 Å². The van der Waals surface area contributed by atoms with Gasteiger partial charge in [-0.25, -0.2) is 0 Å². The Morgan fingerprint density at radius 2 is 2.00 bits per heavy atom. The normalized spacial score (nSPS) is 15.1. The first-order valence-corrected chi connectivity index (χ1v) is 10.8. The van der Waals surface area contributed by atoms with E-state index in [1.54, 1.807) is 44.2 Å². The number of amides is 2. The van der Waals surface area contributed by atoms with E-state index in [0.717, 1.165) is 11.8 Å². The second-order valence-corrected chi connectivity index (χ2v) is 8.74. The molecule has 0 radical (unpaired) electrons. The molecule has 0 atom stereocenters. The minimum atomic E-state index is -0.463. The molecule has 0 aromatic heterocycles. The van der Waals surface area contributed by atoms with Crippen LogP contribution in [0.3, 0.4) is 0 Å². The number of halogens is 1. The molecular weight excluding hydrogens is 488 g/mol. The van der Waals surface area contributed by atoms with Crippen molar-refractivity contribution in [3.8, 4) is 11.5 Å². The van der Waals surface area contributed by atoms with E-state index in [2.05, 4.69) is 15.9 Å².